The van der Waals surface area contributed by atoms with E-state index in [1.165, 1.54) is 6.26 Å². The van der Waals surface area contributed by atoms with Gasteiger partial charge in [-0.05, 0) is 39.7 Å². The highest BCUT2D eigenvalue weighted by atomic mass is 31.0. The molecule has 0 bridgehead atoms. The van der Waals surface area contributed by atoms with Gasteiger partial charge in [-0.15, -0.1) is 0 Å². The average molecular weight is 285 g/mol. The molecule has 100 valence electrons. The number of nitrogens with one attached hydrogen (secondary N) is 1. The third kappa shape index (κ3) is 2.78. The van der Waals surface area contributed by atoms with Crippen molar-refractivity contribution in [1.29, 1.82) is 0 Å². The first-order valence-corrected chi connectivity index (χ1v) is 6.54. The van der Waals surface area contributed by atoms with E-state index in [0.717, 1.165) is 11.4 Å². The van der Waals surface area contributed by atoms with Crippen molar-refractivity contribution in [3.05, 3.63) is 54.9 Å². The fourth-order valence-corrected chi connectivity index (χ4v) is 1.91. The Morgan fingerprint density at radius 2 is 1.85 bits per heavy atom. The van der Waals surface area contributed by atoms with E-state index >= 15 is 0 Å². The molecule has 0 amide bonds. The van der Waals surface area contributed by atoms with Gasteiger partial charge in [0.15, 0.2) is 0 Å². The van der Waals surface area contributed by atoms with Gasteiger partial charge in [0, 0.05) is 24.0 Å². The van der Waals surface area contributed by atoms with E-state index in [0.29, 0.717) is 17.1 Å². The topological polar surface area (TPSA) is 60.2 Å². The Bertz CT molecular complexity index is 684. The van der Waals surface area contributed by atoms with Gasteiger partial charge in [0.1, 0.15) is 23.5 Å². The number of pyridine rings is 1. The summed E-state index contributed by atoms with van der Waals surface area (Å²) in [6, 6.07) is 13.0. The smallest absolute Gasteiger partial charge is 0.132 e. The van der Waals surface area contributed by atoms with Gasteiger partial charge in [-0.2, -0.15) is 0 Å². The molecule has 0 aliphatic carbocycles. The monoisotopic (exact) mass is 285 g/mol. The number of benzene rings is 1. The van der Waals surface area contributed by atoms with Crippen LogP contribution in [0, 0.1) is 0 Å². The molecule has 20 heavy (non-hydrogen) atoms. The van der Waals surface area contributed by atoms with E-state index in [9.17, 15) is 0 Å². The first-order valence-electron chi connectivity index (χ1n) is 5.96. The molecule has 1 aromatic carbocycles. The van der Waals surface area contributed by atoms with Crippen molar-refractivity contribution in [3.8, 4) is 22.9 Å². The molecule has 0 aliphatic rings. The molecule has 0 radical (unpaired) electrons. The van der Waals surface area contributed by atoms with Gasteiger partial charge < -0.3 is 14.3 Å². The van der Waals surface area contributed by atoms with E-state index in [1.807, 2.05) is 30.3 Å². The van der Waals surface area contributed by atoms with Crippen molar-refractivity contribution in [2.24, 2.45) is 0 Å². The predicted molar refractivity (Wildman–Crippen MR) is 79.6 cm³/mol. The standard InChI is InChI=1S/C14H12N3O2P/c20-17-10-1-3-11(4-2-10)19-12-5-7-15-14(9-12)13-6-8-18-16-13/h1-9,17H,20H2. The van der Waals surface area contributed by atoms with Gasteiger partial charge in [-0.25, -0.2) is 0 Å². The predicted octanol–water partition coefficient (Wildman–Crippen LogP) is 3.73. The molecule has 3 rings (SSSR count). The highest BCUT2D eigenvalue weighted by Gasteiger charge is 2.05. The van der Waals surface area contributed by atoms with Crippen LogP contribution in [0.3, 0.4) is 0 Å². The highest BCUT2D eigenvalue weighted by Crippen LogP contribution is 2.26. The van der Waals surface area contributed by atoms with Crippen LogP contribution in [-0.4, -0.2) is 10.1 Å². The SMILES string of the molecule is PNc1ccc(Oc2ccnc(-c3ccon3)c2)cc1. The maximum Gasteiger partial charge on any atom is 0.132 e. The molecule has 1 unspecified atom stereocenters. The Hall–Kier alpha value is -2.39. The van der Waals surface area contributed by atoms with E-state index < -0.39 is 0 Å². The summed E-state index contributed by atoms with van der Waals surface area (Å²) in [5.41, 5.74) is 2.39. The molecule has 2 heterocycles. The fourth-order valence-electron chi connectivity index (χ4n) is 1.71. The summed E-state index contributed by atoms with van der Waals surface area (Å²) < 4.78 is 10.6. The lowest BCUT2D eigenvalue weighted by atomic mass is 10.2. The highest BCUT2D eigenvalue weighted by molar-refractivity contribution is 7.18. The Labute approximate surface area is 118 Å². The maximum atomic E-state index is 5.78. The average Bonchev–Trinajstić information content (AvgIpc) is 3.03. The lowest BCUT2D eigenvalue weighted by Crippen LogP contribution is -1.88. The summed E-state index contributed by atoms with van der Waals surface area (Å²) in [5.74, 6) is 1.45. The van der Waals surface area contributed by atoms with Crippen molar-refractivity contribution < 1.29 is 9.26 Å². The third-order valence-corrected chi connectivity index (χ3v) is 3.02. The summed E-state index contributed by atoms with van der Waals surface area (Å²) in [4.78, 5) is 4.24. The van der Waals surface area contributed by atoms with Crippen LogP contribution in [0.25, 0.3) is 11.4 Å². The normalized spacial score (nSPS) is 10.2. The zero-order chi connectivity index (χ0) is 13.8. The number of nitrogens with zero attached hydrogens (tertiary/aromatic N) is 2. The van der Waals surface area contributed by atoms with Crippen LogP contribution < -0.4 is 9.82 Å². The second-order valence-electron chi connectivity index (χ2n) is 4.03. The zero-order valence-electron chi connectivity index (χ0n) is 10.5. The number of hydrogen-bond acceptors (Lipinski definition) is 5. The minimum Gasteiger partial charge on any atom is -0.457 e. The molecule has 1 N–H and O–H groups in total. The Kier molecular flexibility index (Phi) is 3.61. The van der Waals surface area contributed by atoms with Gasteiger partial charge >= 0.3 is 0 Å². The van der Waals surface area contributed by atoms with Gasteiger partial charge in [0.2, 0.25) is 0 Å². The largest absolute Gasteiger partial charge is 0.457 e. The zero-order valence-corrected chi connectivity index (χ0v) is 11.6. The van der Waals surface area contributed by atoms with Crippen LogP contribution in [-0.2, 0) is 0 Å². The summed E-state index contributed by atoms with van der Waals surface area (Å²) in [6.45, 7) is 0. The minimum atomic E-state index is 0.679. The number of hydrogen-bond donors (Lipinski definition) is 1. The first-order chi connectivity index (χ1) is 9.85. The fraction of sp³-hybridized carbons (Fsp3) is 0. The molecule has 0 saturated carbocycles. The van der Waals surface area contributed by atoms with Gasteiger partial charge in [0.05, 0.1) is 5.69 Å². The first kappa shape index (κ1) is 12.6. The Morgan fingerprint density at radius 1 is 1.00 bits per heavy atom. The number of anilines is 1. The molecule has 5 nitrogen and oxygen atoms in total. The van der Waals surface area contributed by atoms with E-state index in [1.54, 1.807) is 18.3 Å². The summed E-state index contributed by atoms with van der Waals surface area (Å²) in [7, 11) is 2.45. The lowest BCUT2D eigenvalue weighted by molar-refractivity contribution is 0.422. The molecular formula is C14H12N3O2P. The maximum absolute atomic E-state index is 5.78. The van der Waals surface area contributed by atoms with Crippen LogP contribution in [0.5, 0.6) is 11.5 Å². The molecule has 0 spiro atoms. The molecule has 6 heteroatoms. The van der Waals surface area contributed by atoms with Crippen molar-refractivity contribution in [2.45, 2.75) is 0 Å². The van der Waals surface area contributed by atoms with Gasteiger partial charge in [0.25, 0.3) is 0 Å². The van der Waals surface area contributed by atoms with Crippen molar-refractivity contribution >= 4 is 15.1 Å². The number of ether oxygens (including phenoxy) is 1. The van der Waals surface area contributed by atoms with Crippen LogP contribution in [0.2, 0.25) is 0 Å². The minimum absolute atomic E-state index is 0.679. The molecule has 1 atom stereocenters. The molecule has 0 saturated heterocycles. The summed E-state index contributed by atoms with van der Waals surface area (Å²) in [5, 5.41) is 6.83. The second kappa shape index (κ2) is 5.72. The van der Waals surface area contributed by atoms with Crippen LogP contribution in [0.1, 0.15) is 0 Å². The quantitative estimate of drug-likeness (QED) is 0.740. The molecule has 0 aliphatic heterocycles. The third-order valence-electron chi connectivity index (χ3n) is 2.69. The van der Waals surface area contributed by atoms with E-state index in [4.69, 9.17) is 9.26 Å². The lowest BCUT2D eigenvalue weighted by Gasteiger charge is -2.07. The van der Waals surface area contributed by atoms with E-state index in [2.05, 4.69) is 24.6 Å². The Morgan fingerprint density at radius 3 is 2.55 bits per heavy atom. The number of aromatic nitrogens is 2. The van der Waals surface area contributed by atoms with Crippen molar-refractivity contribution in [1.82, 2.24) is 10.1 Å². The van der Waals surface area contributed by atoms with Gasteiger partial charge in [-0.1, -0.05) is 5.16 Å². The van der Waals surface area contributed by atoms with Crippen molar-refractivity contribution in [2.75, 3.05) is 5.09 Å². The number of rotatable bonds is 4. The van der Waals surface area contributed by atoms with Crippen LogP contribution in [0.15, 0.2) is 59.4 Å². The Balaban J connectivity index is 1.82. The second-order valence-corrected chi connectivity index (χ2v) is 4.32. The van der Waals surface area contributed by atoms with Crippen molar-refractivity contribution in [3.63, 3.8) is 0 Å². The summed E-state index contributed by atoms with van der Waals surface area (Å²) >= 11 is 0. The molecule has 0 fully saturated rings. The molecule has 3 aromatic rings. The van der Waals surface area contributed by atoms with Crippen LogP contribution in [0.4, 0.5) is 5.69 Å². The van der Waals surface area contributed by atoms with Crippen LogP contribution >= 0.6 is 9.39 Å². The van der Waals surface area contributed by atoms with E-state index in [-0.39, 0.29) is 0 Å². The molecule has 2 aromatic heterocycles. The molecular weight excluding hydrogens is 273 g/mol. The van der Waals surface area contributed by atoms with Gasteiger partial charge in [-0.3, -0.25) is 4.98 Å². The summed E-state index contributed by atoms with van der Waals surface area (Å²) in [6.07, 6.45) is 3.19.